The van der Waals surface area contributed by atoms with Gasteiger partial charge in [-0.05, 0) is 30.2 Å². The van der Waals surface area contributed by atoms with Gasteiger partial charge in [-0.3, -0.25) is 9.69 Å². The number of ether oxygens (including phenoxy) is 1. The van der Waals surface area contributed by atoms with Crippen molar-refractivity contribution in [3.05, 3.63) is 41.9 Å². The van der Waals surface area contributed by atoms with E-state index in [1.54, 1.807) is 6.20 Å². The van der Waals surface area contributed by atoms with Gasteiger partial charge in [-0.1, -0.05) is 19.1 Å². The van der Waals surface area contributed by atoms with E-state index in [4.69, 9.17) is 4.74 Å². The summed E-state index contributed by atoms with van der Waals surface area (Å²) < 4.78 is 6.24. The van der Waals surface area contributed by atoms with Crippen molar-refractivity contribution in [1.82, 2.24) is 24.6 Å². The molecule has 0 amide bonds. The zero-order valence-corrected chi connectivity index (χ0v) is 15.5. The smallest absolute Gasteiger partial charge is 0.327 e. The zero-order chi connectivity index (χ0) is 18.8. The van der Waals surface area contributed by atoms with E-state index in [9.17, 15) is 4.79 Å². The first kappa shape index (κ1) is 17.4. The summed E-state index contributed by atoms with van der Waals surface area (Å²) in [5.74, 6) is 0.313. The Morgan fingerprint density at radius 1 is 1.33 bits per heavy atom. The molecule has 8 heteroatoms. The number of carbonyl (C=O) groups excluding carboxylic acids is 1. The molecule has 140 valence electrons. The molecular weight excluding hydrogens is 344 g/mol. The molecule has 3 aromatic rings. The van der Waals surface area contributed by atoms with Gasteiger partial charge in [0.1, 0.15) is 18.7 Å². The number of hydrogen-bond acceptors (Lipinski definition) is 7. The van der Waals surface area contributed by atoms with E-state index in [0.29, 0.717) is 11.5 Å². The summed E-state index contributed by atoms with van der Waals surface area (Å²) in [6, 6.07) is 6.33. The number of likely N-dealkylation sites (N-methyl/N-ethyl adjacent to an activating group) is 1. The van der Waals surface area contributed by atoms with Gasteiger partial charge < -0.3 is 10.1 Å². The summed E-state index contributed by atoms with van der Waals surface area (Å²) in [7, 11) is 1.36. The molecule has 1 N–H and O–H groups in total. The molecule has 27 heavy (non-hydrogen) atoms. The molecule has 0 radical (unpaired) electrons. The second kappa shape index (κ2) is 7.32. The minimum absolute atomic E-state index is 0.0179. The van der Waals surface area contributed by atoms with E-state index in [0.717, 1.165) is 37.1 Å². The van der Waals surface area contributed by atoms with Gasteiger partial charge in [0.05, 0.1) is 18.7 Å². The third kappa shape index (κ3) is 3.35. The number of methoxy groups -OCH3 is 1. The molecule has 8 nitrogen and oxygen atoms in total. The van der Waals surface area contributed by atoms with Crippen LogP contribution in [0.15, 0.2) is 30.7 Å². The van der Waals surface area contributed by atoms with E-state index in [1.165, 1.54) is 29.2 Å². The van der Waals surface area contributed by atoms with Gasteiger partial charge in [-0.2, -0.15) is 5.10 Å². The van der Waals surface area contributed by atoms with Crippen LogP contribution in [-0.2, 0) is 29.0 Å². The van der Waals surface area contributed by atoms with Crippen molar-refractivity contribution in [3.8, 4) is 0 Å². The lowest BCUT2D eigenvalue weighted by Gasteiger charge is -2.29. The van der Waals surface area contributed by atoms with Crippen LogP contribution >= 0.6 is 0 Å². The topological polar surface area (TPSA) is 85.2 Å². The van der Waals surface area contributed by atoms with Crippen LogP contribution in [0.5, 0.6) is 0 Å². The van der Waals surface area contributed by atoms with Gasteiger partial charge in [0, 0.05) is 18.8 Å². The number of hydrogen-bond donors (Lipinski definition) is 1. The van der Waals surface area contributed by atoms with Crippen molar-refractivity contribution in [2.45, 2.75) is 26.4 Å². The summed E-state index contributed by atoms with van der Waals surface area (Å²) in [5.41, 5.74) is 4.33. The fourth-order valence-corrected chi connectivity index (χ4v) is 3.48. The zero-order valence-electron chi connectivity index (χ0n) is 15.5. The predicted molar refractivity (Wildman–Crippen MR) is 102 cm³/mol. The minimum atomic E-state index is -0.370. The van der Waals surface area contributed by atoms with Gasteiger partial charge >= 0.3 is 5.97 Å². The number of rotatable bonds is 5. The van der Waals surface area contributed by atoms with Crippen LogP contribution in [0.4, 0.5) is 11.5 Å². The second-order valence-corrected chi connectivity index (χ2v) is 6.52. The molecule has 3 heterocycles. The first-order chi connectivity index (χ1) is 13.2. The monoisotopic (exact) mass is 366 g/mol. The molecule has 0 unspecified atom stereocenters. The summed E-state index contributed by atoms with van der Waals surface area (Å²) in [6.07, 6.45) is 4.16. The lowest BCUT2D eigenvalue weighted by molar-refractivity contribution is -0.141. The Morgan fingerprint density at radius 3 is 3.04 bits per heavy atom. The van der Waals surface area contributed by atoms with Gasteiger partial charge in [0.25, 0.3) is 0 Å². The van der Waals surface area contributed by atoms with E-state index < -0.39 is 0 Å². The van der Waals surface area contributed by atoms with Crippen molar-refractivity contribution < 1.29 is 9.53 Å². The highest BCUT2D eigenvalue weighted by atomic mass is 16.5. The number of carbonyl (C=O) groups is 1. The van der Waals surface area contributed by atoms with Crippen molar-refractivity contribution in [1.29, 1.82) is 0 Å². The highest BCUT2D eigenvalue weighted by Crippen LogP contribution is 2.30. The summed E-state index contributed by atoms with van der Waals surface area (Å²) >= 11 is 0. The molecule has 2 aromatic heterocycles. The largest absolute Gasteiger partial charge is 0.468 e. The Labute approximate surface area is 157 Å². The molecule has 0 bridgehead atoms. The average Bonchev–Trinajstić information content (AvgIpc) is 3.11. The third-order valence-electron chi connectivity index (χ3n) is 4.99. The highest BCUT2D eigenvalue weighted by molar-refractivity contribution is 5.89. The van der Waals surface area contributed by atoms with Crippen molar-refractivity contribution in [2.75, 3.05) is 25.5 Å². The normalized spacial score (nSPS) is 14.1. The van der Waals surface area contributed by atoms with Gasteiger partial charge in [0.2, 0.25) is 0 Å². The molecule has 1 aromatic carbocycles. The fraction of sp³-hybridized carbons (Fsp3) is 0.368. The summed E-state index contributed by atoms with van der Waals surface area (Å²) in [5, 5.41) is 8.48. The predicted octanol–water partition coefficient (Wildman–Crippen LogP) is 2.12. The Morgan fingerprint density at radius 2 is 2.22 bits per heavy atom. The molecule has 0 saturated heterocycles. The molecule has 4 rings (SSSR count). The van der Waals surface area contributed by atoms with E-state index in [1.807, 2.05) is 0 Å². The Kier molecular flexibility index (Phi) is 4.72. The van der Waals surface area contributed by atoms with Gasteiger partial charge in [-0.25, -0.2) is 14.6 Å². The number of benzene rings is 1. The maximum Gasteiger partial charge on any atom is 0.327 e. The van der Waals surface area contributed by atoms with Crippen LogP contribution in [0.2, 0.25) is 0 Å². The number of aromatic nitrogens is 4. The maximum absolute atomic E-state index is 11.6. The highest BCUT2D eigenvalue weighted by Gasteiger charge is 2.19. The number of esters is 1. The minimum Gasteiger partial charge on any atom is -0.468 e. The SMILES string of the molecule is CCN1CCc2c(cccc2Nc2ncnc3c2cnn3CC(=O)OC)C1. The third-order valence-corrected chi connectivity index (χ3v) is 4.99. The Bertz CT molecular complexity index is 983. The van der Waals surface area contributed by atoms with Crippen LogP contribution in [0.3, 0.4) is 0 Å². The van der Waals surface area contributed by atoms with Crippen LogP contribution in [-0.4, -0.2) is 50.8 Å². The second-order valence-electron chi connectivity index (χ2n) is 6.52. The molecule has 0 aliphatic carbocycles. The van der Waals surface area contributed by atoms with Crippen LogP contribution in [0.25, 0.3) is 11.0 Å². The van der Waals surface area contributed by atoms with Crippen LogP contribution in [0, 0.1) is 0 Å². The number of fused-ring (bicyclic) bond motifs is 2. The molecule has 0 spiro atoms. The number of nitrogens with one attached hydrogen (secondary N) is 1. The number of nitrogens with zero attached hydrogens (tertiary/aromatic N) is 5. The molecule has 1 aliphatic rings. The van der Waals surface area contributed by atoms with Gasteiger partial charge in [-0.15, -0.1) is 0 Å². The van der Waals surface area contributed by atoms with E-state index in [-0.39, 0.29) is 12.5 Å². The van der Waals surface area contributed by atoms with Crippen molar-refractivity contribution >= 4 is 28.5 Å². The molecule has 0 saturated carbocycles. The lowest BCUT2D eigenvalue weighted by atomic mass is 9.97. The van der Waals surface area contributed by atoms with E-state index >= 15 is 0 Å². The Hall–Kier alpha value is -3.00. The Balaban J connectivity index is 1.66. The van der Waals surface area contributed by atoms with Crippen LogP contribution < -0.4 is 5.32 Å². The first-order valence-electron chi connectivity index (χ1n) is 9.03. The summed E-state index contributed by atoms with van der Waals surface area (Å²) in [4.78, 5) is 22.7. The fourth-order valence-electron chi connectivity index (χ4n) is 3.48. The molecule has 0 atom stereocenters. The van der Waals surface area contributed by atoms with Crippen molar-refractivity contribution in [3.63, 3.8) is 0 Å². The maximum atomic E-state index is 11.6. The molecule has 1 aliphatic heterocycles. The molecular formula is C19H22N6O2. The van der Waals surface area contributed by atoms with Gasteiger partial charge in [0.15, 0.2) is 5.65 Å². The average molecular weight is 366 g/mol. The first-order valence-corrected chi connectivity index (χ1v) is 9.03. The quantitative estimate of drug-likeness (QED) is 0.692. The van der Waals surface area contributed by atoms with Crippen molar-refractivity contribution in [2.24, 2.45) is 0 Å². The molecule has 0 fully saturated rings. The standard InChI is InChI=1S/C19H22N6O2/c1-3-24-8-7-14-13(10-24)5-4-6-16(14)23-18-15-9-22-25(11-17(26)27-2)19(15)21-12-20-18/h4-6,9,12H,3,7-8,10-11H2,1-2H3,(H,20,21,23). The summed E-state index contributed by atoms with van der Waals surface area (Å²) in [6.45, 7) is 5.29. The van der Waals surface area contributed by atoms with Crippen LogP contribution in [0.1, 0.15) is 18.1 Å². The lowest BCUT2D eigenvalue weighted by Crippen LogP contribution is -2.30. The van der Waals surface area contributed by atoms with E-state index in [2.05, 4.69) is 50.4 Å². The number of anilines is 2.